The first-order valence-corrected chi connectivity index (χ1v) is 12.6. The Labute approximate surface area is 215 Å². The number of carbonyl (C=O) groups is 1. The lowest BCUT2D eigenvalue weighted by molar-refractivity contribution is -0.126. The third kappa shape index (κ3) is 6.01. The van der Waals surface area contributed by atoms with Gasteiger partial charge in [0.15, 0.2) is 0 Å². The number of likely N-dealkylation sites (tertiary alicyclic amines) is 1. The standard InChI is InChI=1S/C27H29ClN6O2/c1-19-29-11-14-34(19)17-21-7-5-20(6-8-21)16-30-27(35)22-9-12-33(13-10-22)18-25-31-26(32-36-25)23-3-2-4-24(28)15-23/h2-8,11,14-15,22H,9-10,12-13,16-18H2,1H3,(H,30,35). The highest BCUT2D eigenvalue weighted by Crippen LogP contribution is 2.22. The topological polar surface area (TPSA) is 89.1 Å². The van der Waals surface area contributed by atoms with E-state index in [1.807, 2.05) is 43.6 Å². The van der Waals surface area contributed by atoms with Crippen molar-refractivity contribution in [3.05, 3.63) is 88.8 Å². The molecule has 0 aliphatic carbocycles. The number of hydrogen-bond acceptors (Lipinski definition) is 6. The maximum absolute atomic E-state index is 12.7. The van der Waals surface area contributed by atoms with Crippen molar-refractivity contribution in [2.45, 2.75) is 39.4 Å². The van der Waals surface area contributed by atoms with Gasteiger partial charge >= 0.3 is 0 Å². The van der Waals surface area contributed by atoms with Gasteiger partial charge in [-0.25, -0.2) is 4.98 Å². The molecule has 1 aliphatic heterocycles. The second kappa shape index (κ2) is 11.1. The summed E-state index contributed by atoms with van der Waals surface area (Å²) in [7, 11) is 0. The van der Waals surface area contributed by atoms with Crippen LogP contribution in [0.2, 0.25) is 5.02 Å². The molecule has 1 saturated heterocycles. The summed E-state index contributed by atoms with van der Waals surface area (Å²) in [4.78, 5) is 23.8. The van der Waals surface area contributed by atoms with Gasteiger partial charge in [-0.05, 0) is 56.1 Å². The zero-order valence-corrected chi connectivity index (χ0v) is 21.0. The third-order valence-corrected chi connectivity index (χ3v) is 6.87. The average Bonchev–Trinajstić information content (AvgIpc) is 3.53. The van der Waals surface area contributed by atoms with Crippen LogP contribution in [0.1, 0.15) is 35.7 Å². The number of carbonyl (C=O) groups excluding carboxylic acids is 1. The van der Waals surface area contributed by atoms with E-state index in [1.54, 1.807) is 0 Å². The smallest absolute Gasteiger partial charge is 0.241 e. The molecule has 0 saturated carbocycles. The fraction of sp³-hybridized carbons (Fsp3) is 0.333. The van der Waals surface area contributed by atoms with Crippen LogP contribution in [0.3, 0.4) is 0 Å². The molecule has 0 radical (unpaired) electrons. The Morgan fingerprint density at radius 1 is 1.11 bits per heavy atom. The summed E-state index contributed by atoms with van der Waals surface area (Å²) in [6.07, 6.45) is 5.41. The van der Waals surface area contributed by atoms with Gasteiger partial charge < -0.3 is 14.4 Å². The van der Waals surface area contributed by atoms with Crippen molar-refractivity contribution >= 4 is 17.5 Å². The van der Waals surface area contributed by atoms with E-state index in [2.05, 4.69) is 54.2 Å². The number of benzene rings is 2. The summed E-state index contributed by atoms with van der Waals surface area (Å²) in [6.45, 7) is 5.54. The minimum atomic E-state index is 0.0226. The Hall–Kier alpha value is -3.49. The van der Waals surface area contributed by atoms with Gasteiger partial charge in [0.25, 0.3) is 0 Å². The van der Waals surface area contributed by atoms with Gasteiger partial charge in [-0.15, -0.1) is 0 Å². The van der Waals surface area contributed by atoms with Gasteiger partial charge in [0, 0.05) is 42.0 Å². The van der Waals surface area contributed by atoms with Crippen LogP contribution >= 0.6 is 11.6 Å². The molecule has 9 heteroatoms. The van der Waals surface area contributed by atoms with E-state index < -0.39 is 0 Å². The molecule has 1 N–H and O–H groups in total. The van der Waals surface area contributed by atoms with Crippen LogP contribution in [0, 0.1) is 12.8 Å². The predicted molar refractivity (Wildman–Crippen MR) is 137 cm³/mol. The van der Waals surface area contributed by atoms with Gasteiger partial charge in [0.2, 0.25) is 17.6 Å². The monoisotopic (exact) mass is 504 g/mol. The largest absolute Gasteiger partial charge is 0.352 e. The molecule has 1 fully saturated rings. The van der Waals surface area contributed by atoms with E-state index >= 15 is 0 Å². The number of amides is 1. The molecular formula is C27H29ClN6O2. The molecule has 36 heavy (non-hydrogen) atoms. The van der Waals surface area contributed by atoms with E-state index in [1.165, 1.54) is 5.56 Å². The number of rotatable bonds is 8. The molecule has 5 rings (SSSR count). The average molecular weight is 505 g/mol. The molecule has 3 heterocycles. The first-order chi connectivity index (χ1) is 17.5. The number of halogens is 1. The zero-order chi connectivity index (χ0) is 24.9. The van der Waals surface area contributed by atoms with E-state index in [-0.39, 0.29) is 11.8 Å². The summed E-state index contributed by atoms with van der Waals surface area (Å²) in [5.74, 6) is 2.24. The molecule has 1 aliphatic rings. The maximum atomic E-state index is 12.7. The van der Waals surface area contributed by atoms with Gasteiger partial charge in [0.05, 0.1) is 6.54 Å². The molecule has 0 atom stereocenters. The van der Waals surface area contributed by atoms with E-state index in [4.69, 9.17) is 16.1 Å². The van der Waals surface area contributed by atoms with E-state index in [9.17, 15) is 4.79 Å². The second-order valence-corrected chi connectivity index (χ2v) is 9.65. The Balaban J connectivity index is 1.06. The molecule has 8 nitrogen and oxygen atoms in total. The van der Waals surface area contributed by atoms with E-state index in [0.29, 0.717) is 29.8 Å². The van der Waals surface area contributed by atoms with Crippen molar-refractivity contribution in [3.63, 3.8) is 0 Å². The summed E-state index contributed by atoms with van der Waals surface area (Å²) in [6, 6.07) is 15.8. The zero-order valence-electron chi connectivity index (χ0n) is 20.2. The molecule has 0 bridgehead atoms. The lowest BCUT2D eigenvalue weighted by atomic mass is 9.96. The lowest BCUT2D eigenvalue weighted by Gasteiger charge is -2.30. The highest BCUT2D eigenvalue weighted by atomic mass is 35.5. The molecule has 4 aromatic rings. The molecule has 0 unspecified atom stereocenters. The number of imidazole rings is 1. The highest BCUT2D eigenvalue weighted by molar-refractivity contribution is 6.30. The summed E-state index contributed by atoms with van der Waals surface area (Å²) in [5.41, 5.74) is 3.13. The minimum Gasteiger partial charge on any atom is -0.352 e. The van der Waals surface area contributed by atoms with Gasteiger partial charge in [-0.2, -0.15) is 4.98 Å². The summed E-state index contributed by atoms with van der Waals surface area (Å²) >= 11 is 6.06. The van der Waals surface area contributed by atoms with Crippen molar-refractivity contribution in [1.29, 1.82) is 0 Å². The molecular weight excluding hydrogens is 476 g/mol. The van der Waals surface area contributed by atoms with Crippen LogP contribution < -0.4 is 5.32 Å². The number of nitrogens with one attached hydrogen (secondary N) is 1. The van der Waals surface area contributed by atoms with Crippen LogP contribution in [-0.2, 0) is 24.4 Å². The Kier molecular flexibility index (Phi) is 7.44. The Morgan fingerprint density at radius 3 is 2.61 bits per heavy atom. The van der Waals surface area contributed by atoms with Gasteiger partial charge in [-0.3, -0.25) is 9.69 Å². The number of aromatic nitrogens is 4. The van der Waals surface area contributed by atoms with Crippen LogP contribution in [0.5, 0.6) is 0 Å². The SMILES string of the molecule is Cc1nccn1Cc1ccc(CNC(=O)C2CCN(Cc3nc(-c4cccc(Cl)c4)no3)CC2)cc1. The fourth-order valence-corrected chi connectivity index (χ4v) is 4.66. The van der Waals surface area contributed by atoms with Crippen LogP contribution in [-0.4, -0.2) is 43.6 Å². The van der Waals surface area contributed by atoms with Gasteiger partial charge in [-0.1, -0.05) is 53.2 Å². The quantitative estimate of drug-likeness (QED) is 0.381. The molecule has 2 aromatic carbocycles. The Bertz CT molecular complexity index is 1310. The maximum Gasteiger partial charge on any atom is 0.241 e. The number of hydrogen-bond donors (Lipinski definition) is 1. The van der Waals surface area contributed by atoms with Crippen molar-refractivity contribution in [2.24, 2.45) is 5.92 Å². The van der Waals surface area contributed by atoms with Crippen LogP contribution in [0.15, 0.2) is 65.4 Å². The first-order valence-electron chi connectivity index (χ1n) is 12.2. The lowest BCUT2D eigenvalue weighted by Crippen LogP contribution is -2.40. The Morgan fingerprint density at radius 2 is 1.89 bits per heavy atom. The fourth-order valence-electron chi connectivity index (χ4n) is 4.47. The summed E-state index contributed by atoms with van der Waals surface area (Å²) in [5, 5.41) is 7.82. The molecule has 1 amide bonds. The third-order valence-electron chi connectivity index (χ3n) is 6.63. The highest BCUT2D eigenvalue weighted by Gasteiger charge is 2.26. The number of nitrogens with zero attached hydrogens (tertiary/aromatic N) is 5. The first kappa shape index (κ1) is 24.2. The number of aryl methyl sites for hydroxylation is 1. The van der Waals surface area contributed by atoms with Crippen molar-refractivity contribution in [2.75, 3.05) is 13.1 Å². The van der Waals surface area contributed by atoms with Crippen LogP contribution in [0.4, 0.5) is 0 Å². The molecule has 2 aromatic heterocycles. The molecule has 186 valence electrons. The van der Waals surface area contributed by atoms with Crippen molar-refractivity contribution in [3.8, 4) is 11.4 Å². The normalized spacial score (nSPS) is 14.7. The minimum absolute atomic E-state index is 0.0226. The molecule has 0 spiro atoms. The number of piperidine rings is 1. The second-order valence-electron chi connectivity index (χ2n) is 9.21. The van der Waals surface area contributed by atoms with Crippen molar-refractivity contribution < 1.29 is 9.32 Å². The van der Waals surface area contributed by atoms with Gasteiger partial charge in [0.1, 0.15) is 5.82 Å². The van der Waals surface area contributed by atoms with Crippen LogP contribution in [0.25, 0.3) is 11.4 Å². The predicted octanol–water partition coefficient (Wildman–Crippen LogP) is 4.47. The summed E-state index contributed by atoms with van der Waals surface area (Å²) < 4.78 is 7.55. The van der Waals surface area contributed by atoms with Crippen molar-refractivity contribution in [1.82, 2.24) is 29.9 Å². The van der Waals surface area contributed by atoms with E-state index in [0.717, 1.165) is 49.4 Å².